The predicted octanol–water partition coefficient (Wildman–Crippen LogP) is 3.01. The van der Waals surface area contributed by atoms with Crippen molar-refractivity contribution in [3.8, 4) is 5.75 Å². The standard InChI is InChI=1S/C30H44N4O7S/c1-5-41-30(38)26(16-20(2)3)32-29(37)22-6-9-24(10-7-22)34-14-12-21(13-15-34)18-31-19-28(36)23-8-11-27(35)25(17-23)33-42(4,39)40/h6-11,17,20-21,26,28,31,33,35-36H,5,12-16,18-19H2,1-4H3,(H,32,37)/t26-,28+/m0/s1. The van der Waals surface area contributed by atoms with Crippen molar-refractivity contribution in [2.24, 2.45) is 11.8 Å². The Kier molecular flexibility index (Phi) is 12.0. The number of sulfonamides is 1. The lowest BCUT2D eigenvalue weighted by atomic mass is 9.96. The fraction of sp³-hybridized carbons (Fsp3) is 0.533. The number of aromatic hydroxyl groups is 1. The Labute approximate surface area is 248 Å². The third kappa shape index (κ3) is 10.2. The number of carbonyl (C=O) groups is 2. The summed E-state index contributed by atoms with van der Waals surface area (Å²) in [6.45, 7) is 8.73. The second kappa shape index (κ2) is 15.2. The summed E-state index contributed by atoms with van der Waals surface area (Å²) in [4.78, 5) is 27.4. The number of benzene rings is 2. The Balaban J connectivity index is 1.45. The molecule has 0 aliphatic carbocycles. The third-order valence-electron chi connectivity index (χ3n) is 7.16. The molecule has 1 saturated heterocycles. The minimum atomic E-state index is -3.56. The fourth-order valence-electron chi connectivity index (χ4n) is 4.97. The zero-order valence-electron chi connectivity index (χ0n) is 24.8. The van der Waals surface area contributed by atoms with Gasteiger partial charge in [0.05, 0.1) is 24.7 Å². The van der Waals surface area contributed by atoms with Crippen molar-refractivity contribution in [3.63, 3.8) is 0 Å². The van der Waals surface area contributed by atoms with Crippen molar-refractivity contribution in [3.05, 3.63) is 53.6 Å². The van der Waals surface area contributed by atoms with Gasteiger partial charge in [0.2, 0.25) is 10.0 Å². The van der Waals surface area contributed by atoms with Crippen LogP contribution < -0.4 is 20.3 Å². The summed E-state index contributed by atoms with van der Waals surface area (Å²) in [6, 6.07) is 11.1. The van der Waals surface area contributed by atoms with E-state index < -0.39 is 28.1 Å². The Morgan fingerprint density at radius 2 is 1.76 bits per heavy atom. The number of nitrogens with one attached hydrogen (secondary N) is 3. The smallest absolute Gasteiger partial charge is 0.328 e. The molecule has 0 saturated carbocycles. The molecule has 2 aromatic carbocycles. The lowest BCUT2D eigenvalue weighted by molar-refractivity contribution is -0.145. The van der Waals surface area contributed by atoms with Crippen molar-refractivity contribution >= 4 is 33.3 Å². The quantitative estimate of drug-likeness (QED) is 0.162. The zero-order valence-corrected chi connectivity index (χ0v) is 25.6. The van der Waals surface area contributed by atoms with Gasteiger partial charge in [0.1, 0.15) is 11.8 Å². The van der Waals surface area contributed by atoms with Crippen LogP contribution in [-0.4, -0.2) is 75.6 Å². The number of anilines is 2. The van der Waals surface area contributed by atoms with Crippen molar-refractivity contribution in [1.29, 1.82) is 0 Å². The number of rotatable bonds is 14. The van der Waals surface area contributed by atoms with Crippen LogP contribution in [0.4, 0.5) is 11.4 Å². The van der Waals surface area contributed by atoms with Gasteiger partial charge in [-0.05, 0) is 86.5 Å². The molecule has 1 aliphatic rings. The minimum absolute atomic E-state index is 0.0297. The third-order valence-corrected chi connectivity index (χ3v) is 7.75. The van der Waals surface area contributed by atoms with E-state index in [9.17, 15) is 28.2 Å². The average Bonchev–Trinajstić information content (AvgIpc) is 2.93. The molecular weight excluding hydrogens is 560 g/mol. The number of phenolic OH excluding ortho intramolecular Hbond substituents is 1. The van der Waals surface area contributed by atoms with Gasteiger partial charge < -0.3 is 30.5 Å². The highest BCUT2D eigenvalue weighted by atomic mass is 32.2. The van der Waals surface area contributed by atoms with Crippen LogP contribution in [0.15, 0.2) is 42.5 Å². The number of carbonyl (C=O) groups excluding carboxylic acids is 2. The summed E-state index contributed by atoms with van der Waals surface area (Å²) < 4.78 is 30.4. The van der Waals surface area contributed by atoms with Crippen LogP contribution in [0.25, 0.3) is 0 Å². The number of piperidine rings is 1. The van der Waals surface area contributed by atoms with Gasteiger partial charge in [0.15, 0.2) is 0 Å². The largest absolute Gasteiger partial charge is 0.506 e. The van der Waals surface area contributed by atoms with Crippen molar-refractivity contribution in [2.75, 3.05) is 48.7 Å². The topological polar surface area (TPSA) is 157 Å². The Morgan fingerprint density at radius 3 is 2.36 bits per heavy atom. The number of nitrogens with zero attached hydrogens (tertiary/aromatic N) is 1. The SMILES string of the molecule is CCOC(=O)[C@H](CC(C)C)NC(=O)c1ccc(N2CCC(CNC[C@@H](O)c3ccc(O)c(NS(C)(=O)=O)c3)CC2)cc1. The number of aliphatic hydroxyl groups excluding tert-OH is 1. The molecule has 0 radical (unpaired) electrons. The normalized spacial score (nSPS) is 15.7. The predicted molar refractivity (Wildman–Crippen MR) is 163 cm³/mol. The van der Waals surface area contributed by atoms with Gasteiger partial charge in [-0.1, -0.05) is 19.9 Å². The maximum absolute atomic E-state index is 12.8. The maximum atomic E-state index is 12.8. The molecule has 1 heterocycles. The highest BCUT2D eigenvalue weighted by molar-refractivity contribution is 7.92. The first kappa shape index (κ1) is 33.2. The zero-order chi connectivity index (χ0) is 30.9. The summed E-state index contributed by atoms with van der Waals surface area (Å²) >= 11 is 0. The first-order chi connectivity index (χ1) is 19.9. The number of amides is 1. The van der Waals surface area contributed by atoms with Crippen LogP contribution in [0.2, 0.25) is 0 Å². The van der Waals surface area contributed by atoms with E-state index in [0.29, 0.717) is 30.0 Å². The van der Waals surface area contributed by atoms with Crippen molar-refractivity contribution in [1.82, 2.24) is 10.6 Å². The van der Waals surface area contributed by atoms with Crippen molar-refractivity contribution in [2.45, 2.75) is 52.2 Å². The first-order valence-corrected chi connectivity index (χ1v) is 16.3. The number of aliphatic hydroxyl groups is 1. The molecule has 0 aromatic heterocycles. The maximum Gasteiger partial charge on any atom is 0.328 e. The van der Waals surface area contributed by atoms with E-state index in [4.69, 9.17) is 4.74 Å². The number of hydrogen-bond acceptors (Lipinski definition) is 9. The van der Waals surface area contributed by atoms with Gasteiger partial charge >= 0.3 is 5.97 Å². The number of phenols is 1. The Hall–Kier alpha value is -3.35. The van der Waals surface area contributed by atoms with Gasteiger partial charge in [-0.15, -0.1) is 0 Å². The molecular formula is C30H44N4O7S. The number of ether oxygens (including phenoxy) is 1. The molecule has 3 rings (SSSR count). The molecule has 0 bridgehead atoms. The van der Waals surface area contributed by atoms with E-state index in [1.807, 2.05) is 26.0 Å². The highest BCUT2D eigenvalue weighted by Gasteiger charge is 2.24. The highest BCUT2D eigenvalue weighted by Crippen LogP contribution is 2.28. The van der Waals surface area contributed by atoms with Crippen LogP contribution in [0.1, 0.15) is 62.1 Å². The molecule has 1 amide bonds. The summed E-state index contributed by atoms with van der Waals surface area (Å²) in [5.74, 6) is -0.273. The van der Waals surface area contributed by atoms with Crippen LogP contribution in [-0.2, 0) is 19.6 Å². The molecule has 2 atom stereocenters. The fourth-order valence-corrected chi connectivity index (χ4v) is 5.54. The molecule has 11 nitrogen and oxygen atoms in total. The van der Waals surface area contributed by atoms with E-state index in [0.717, 1.165) is 44.4 Å². The van der Waals surface area contributed by atoms with Gasteiger partial charge in [0, 0.05) is 30.9 Å². The van der Waals surface area contributed by atoms with Crippen LogP contribution in [0, 0.1) is 11.8 Å². The number of hydrogen-bond donors (Lipinski definition) is 5. The molecule has 2 aromatic rings. The van der Waals surface area contributed by atoms with E-state index in [2.05, 4.69) is 20.3 Å². The second-order valence-corrected chi connectivity index (χ2v) is 13.0. The van der Waals surface area contributed by atoms with Crippen LogP contribution in [0.5, 0.6) is 5.75 Å². The Bertz CT molecular complexity index is 1290. The van der Waals surface area contributed by atoms with Gasteiger partial charge in [-0.2, -0.15) is 0 Å². The summed E-state index contributed by atoms with van der Waals surface area (Å²) in [7, 11) is -3.56. The molecule has 232 valence electrons. The van der Waals surface area contributed by atoms with Crippen LogP contribution >= 0.6 is 0 Å². The Morgan fingerprint density at radius 1 is 1.10 bits per heavy atom. The number of esters is 1. The van der Waals surface area contributed by atoms with Gasteiger partial charge in [0.25, 0.3) is 5.91 Å². The molecule has 5 N–H and O–H groups in total. The second-order valence-electron chi connectivity index (χ2n) is 11.2. The van der Waals surface area contributed by atoms with E-state index in [1.165, 1.54) is 12.1 Å². The van der Waals surface area contributed by atoms with E-state index in [1.54, 1.807) is 25.1 Å². The lowest BCUT2D eigenvalue weighted by Gasteiger charge is -2.34. The van der Waals surface area contributed by atoms with Gasteiger partial charge in [-0.3, -0.25) is 9.52 Å². The van der Waals surface area contributed by atoms with Gasteiger partial charge in [-0.25, -0.2) is 13.2 Å². The van der Waals surface area contributed by atoms with Crippen molar-refractivity contribution < 1.29 is 33.0 Å². The molecule has 0 unspecified atom stereocenters. The lowest BCUT2D eigenvalue weighted by Crippen LogP contribution is -2.42. The molecule has 12 heteroatoms. The summed E-state index contributed by atoms with van der Waals surface area (Å²) in [5, 5.41) is 26.6. The molecule has 42 heavy (non-hydrogen) atoms. The monoisotopic (exact) mass is 604 g/mol. The minimum Gasteiger partial charge on any atom is -0.506 e. The summed E-state index contributed by atoms with van der Waals surface area (Å²) in [6.07, 6.45) is 2.56. The molecule has 0 spiro atoms. The molecule has 1 aliphatic heterocycles. The average molecular weight is 605 g/mol. The van der Waals surface area contributed by atoms with Crippen LogP contribution in [0.3, 0.4) is 0 Å². The summed E-state index contributed by atoms with van der Waals surface area (Å²) in [5.41, 5.74) is 2.04. The molecule has 1 fully saturated rings. The first-order valence-electron chi connectivity index (χ1n) is 14.4. The van der Waals surface area contributed by atoms with E-state index >= 15 is 0 Å². The van der Waals surface area contributed by atoms with E-state index in [-0.39, 0.29) is 29.9 Å².